The number of nitrogens with one attached hydrogen (secondary N) is 2. The maximum Gasteiger partial charge on any atom is 0.264 e. The average Bonchev–Trinajstić information content (AvgIpc) is 2.89. The molecule has 4 rings (SSSR count). The normalized spacial score (nSPS) is 11.5. The van der Waals surface area contributed by atoms with Crippen LogP contribution >= 0.6 is 11.6 Å². The van der Waals surface area contributed by atoms with Gasteiger partial charge in [-0.25, -0.2) is 16.8 Å². The number of sulfonamides is 2. The van der Waals surface area contributed by atoms with Gasteiger partial charge in [0.1, 0.15) is 6.54 Å². The zero-order valence-corrected chi connectivity index (χ0v) is 22.5. The van der Waals surface area contributed by atoms with Crippen LogP contribution in [0.25, 0.3) is 0 Å². The van der Waals surface area contributed by atoms with Gasteiger partial charge < -0.3 is 5.32 Å². The highest BCUT2D eigenvalue weighted by atomic mass is 35.5. The van der Waals surface area contributed by atoms with E-state index in [0.29, 0.717) is 5.69 Å². The topological polar surface area (TPSA) is 126 Å². The monoisotopic (exact) mass is 570 g/mol. The largest absolute Gasteiger partial charge is 0.325 e. The van der Waals surface area contributed by atoms with E-state index in [1.165, 1.54) is 60.9 Å². The lowest BCUT2D eigenvalue weighted by molar-refractivity contribution is -0.114. The quantitative estimate of drug-likeness (QED) is 0.301. The molecule has 2 N–H and O–H groups in total. The van der Waals surface area contributed by atoms with E-state index in [1.54, 1.807) is 36.4 Å². The first-order valence-corrected chi connectivity index (χ1v) is 14.5. The van der Waals surface area contributed by atoms with Crippen LogP contribution in [0.2, 0.25) is 5.02 Å². The second-order valence-corrected chi connectivity index (χ2v) is 12.1. The molecule has 0 radical (unpaired) electrons. The van der Waals surface area contributed by atoms with Gasteiger partial charge in [-0.15, -0.1) is 0 Å². The first-order chi connectivity index (χ1) is 18.1. The second-order valence-electron chi connectivity index (χ2n) is 8.20. The highest BCUT2D eigenvalue weighted by Crippen LogP contribution is 2.30. The van der Waals surface area contributed by atoms with E-state index in [2.05, 4.69) is 15.0 Å². The third kappa shape index (κ3) is 6.31. The molecule has 0 aliphatic heterocycles. The van der Waals surface area contributed by atoms with Gasteiger partial charge in [-0.2, -0.15) is 0 Å². The van der Waals surface area contributed by atoms with Gasteiger partial charge in [-0.3, -0.25) is 18.8 Å². The standard InChI is InChI=1S/C26H23ClN4O5S2/c1-19-8-12-23(13-9-19)38(35,36)31(25-7-3-2-6-24(25)27)18-26(32)29-20-10-14-22(15-11-20)37(33,34)30-21-5-4-16-28-17-21/h2-17,30H,18H2,1H3,(H,29,32). The Morgan fingerprint density at radius 3 is 2.13 bits per heavy atom. The lowest BCUT2D eigenvalue weighted by Crippen LogP contribution is -2.38. The van der Waals surface area contributed by atoms with Crippen molar-refractivity contribution in [1.82, 2.24) is 4.98 Å². The fourth-order valence-electron chi connectivity index (χ4n) is 3.48. The van der Waals surface area contributed by atoms with Crippen LogP contribution in [-0.4, -0.2) is 34.3 Å². The van der Waals surface area contributed by atoms with Crippen molar-refractivity contribution in [1.29, 1.82) is 0 Å². The molecular weight excluding hydrogens is 548 g/mol. The van der Waals surface area contributed by atoms with Gasteiger partial charge in [0, 0.05) is 11.9 Å². The first-order valence-electron chi connectivity index (χ1n) is 11.2. The Labute approximate surface area is 226 Å². The summed E-state index contributed by atoms with van der Waals surface area (Å²) < 4.78 is 55.6. The Morgan fingerprint density at radius 1 is 0.842 bits per heavy atom. The minimum atomic E-state index is -4.14. The molecule has 38 heavy (non-hydrogen) atoms. The molecule has 0 unspecified atom stereocenters. The molecule has 0 aliphatic carbocycles. The Morgan fingerprint density at radius 2 is 1.50 bits per heavy atom. The number of carbonyl (C=O) groups is 1. The summed E-state index contributed by atoms with van der Waals surface area (Å²) in [6.07, 6.45) is 2.90. The van der Waals surface area contributed by atoms with E-state index in [4.69, 9.17) is 11.6 Å². The van der Waals surface area contributed by atoms with Crippen LogP contribution in [-0.2, 0) is 24.8 Å². The molecule has 196 valence electrons. The number of hydrogen-bond donors (Lipinski definition) is 2. The van der Waals surface area contributed by atoms with E-state index in [9.17, 15) is 21.6 Å². The molecule has 0 saturated carbocycles. The van der Waals surface area contributed by atoms with E-state index in [0.717, 1.165) is 9.87 Å². The van der Waals surface area contributed by atoms with Crippen molar-refractivity contribution in [3.05, 3.63) is 108 Å². The molecule has 1 aromatic heterocycles. The number of rotatable bonds is 9. The van der Waals surface area contributed by atoms with Gasteiger partial charge in [0.25, 0.3) is 20.0 Å². The maximum atomic E-state index is 13.5. The number of carbonyl (C=O) groups excluding carboxylic acids is 1. The maximum absolute atomic E-state index is 13.5. The van der Waals surface area contributed by atoms with Crippen LogP contribution in [0.5, 0.6) is 0 Å². The summed E-state index contributed by atoms with van der Waals surface area (Å²) in [5.74, 6) is -0.648. The SMILES string of the molecule is Cc1ccc(S(=O)(=O)N(CC(=O)Nc2ccc(S(=O)(=O)Nc3cccnc3)cc2)c2ccccc2Cl)cc1. The van der Waals surface area contributed by atoms with Crippen LogP contribution in [0, 0.1) is 6.92 Å². The molecule has 1 amide bonds. The van der Waals surface area contributed by atoms with Gasteiger partial charge >= 0.3 is 0 Å². The van der Waals surface area contributed by atoms with Crippen molar-refractivity contribution in [3.8, 4) is 0 Å². The number of halogens is 1. The molecule has 4 aromatic rings. The molecule has 0 atom stereocenters. The molecule has 1 heterocycles. The molecule has 0 aliphatic rings. The molecule has 0 saturated heterocycles. The van der Waals surface area contributed by atoms with Gasteiger partial charge in [0.2, 0.25) is 5.91 Å². The molecular formula is C26H23ClN4O5S2. The summed E-state index contributed by atoms with van der Waals surface area (Å²) in [5, 5.41) is 2.77. The molecule has 0 spiro atoms. The number of anilines is 3. The number of pyridine rings is 1. The van der Waals surface area contributed by atoms with Crippen molar-refractivity contribution in [2.45, 2.75) is 16.7 Å². The predicted molar refractivity (Wildman–Crippen MR) is 147 cm³/mol. The number of nitrogens with zero attached hydrogens (tertiary/aromatic N) is 2. The van der Waals surface area contributed by atoms with Crippen molar-refractivity contribution in [2.75, 3.05) is 20.9 Å². The number of aryl methyl sites for hydroxylation is 1. The fraction of sp³-hybridized carbons (Fsp3) is 0.0769. The van der Waals surface area contributed by atoms with Crippen LogP contribution in [0.15, 0.2) is 107 Å². The Bertz CT molecular complexity index is 1650. The van der Waals surface area contributed by atoms with E-state index in [1.807, 2.05) is 6.92 Å². The zero-order chi connectivity index (χ0) is 27.3. The lowest BCUT2D eigenvalue weighted by atomic mass is 10.2. The lowest BCUT2D eigenvalue weighted by Gasteiger charge is -2.25. The van der Waals surface area contributed by atoms with E-state index < -0.39 is 32.5 Å². The van der Waals surface area contributed by atoms with Crippen LogP contribution in [0.1, 0.15) is 5.56 Å². The summed E-state index contributed by atoms with van der Waals surface area (Å²) in [6, 6.07) is 21.2. The summed E-state index contributed by atoms with van der Waals surface area (Å²) in [5.41, 5.74) is 1.61. The zero-order valence-electron chi connectivity index (χ0n) is 20.1. The smallest absolute Gasteiger partial charge is 0.264 e. The Hall–Kier alpha value is -3.93. The van der Waals surface area contributed by atoms with Crippen molar-refractivity contribution >= 4 is 54.6 Å². The molecule has 0 fully saturated rings. The average molecular weight is 571 g/mol. The second kappa shape index (κ2) is 11.2. The number of benzene rings is 3. The fourth-order valence-corrected chi connectivity index (χ4v) is 6.25. The molecule has 3 aromatic carbocycles. The van der Waals surface area contributed by atoms with Gasteiger partial charge in [0.05, 0.1) is 32.4 Å². The minimum Gasteiger partial charge on any atom is -0.325 e. The third-order valence-electron chi connectivity index (χ3n) is 5.38. The van der Waals surface area contributed by atoms with Crippen molar-refractivity contribution in [2.24, 2.45) is 0 Å². The van der Waals surface area contributed by atoms with Gasteiger partial charge in [0.15, 0.2) is 0 Å². The summed E-state index contributed by atoms with van der Waals surface area (Å²) in [6.45, 7) is 1.27. The Balaban J connectivity index is 1.54. The summed E-state index contributed by atoms with van der Waals surface area (Å²) in [4.78, 5) is 16.8. The highest BCUT2D eigenvalue weighted by molar-refractivity contribution is 7.93. The Kier molecular flexibility index (Phi) is 8.00. The summed E-state index contributed by atoms with van der Waals surface area (Å²) in [7, 11) is -8.02. The van der Waals surface area contributed by atoms with Gasteiger partial charge in [-0.05, 0) is 67.6 Å². The number of hydrogen-bond acceptors (Lipinski definition) is 6. The third-order valence-corrected chi connectivity index (χ3v) is 8.87. The highest BCUT2D eigenvalue weighted by Gasteiger charge is 2.28. The molecule has 12 heteroatoms. The van der Waals surface area contributed by atoms with Gasteiger partial charge in [-0.1, -0.05) is 41.4 Å². The molecule has 9 nitrogen and oxygen atoms in total. The number of aromatic nitrogens is 1. The van der Waals surface area contributed by atoms with Crippen LogP contribution < -0.4 is 14.3 Å². The minimum absolute atomic E-state index is 0.00601. The van der Waals surface area contributed by atoms with Crippen LogP contribution in [0.3, 0.4) is 0 Å². The summed E-state index contributed by atoms with van der Waals surface area (Å²) >= 11 is 6.29. The number of para-hydroxylation sites is 1. The first kappa shape index (κ1) is 27.1. The molecule has 0 bridgehead atoms. The van der Waals surface area contributed by atoms with Crippen molar-refractivity contribution in [3.63, 3.8) is 0 Å². The number of amides is 1. The van der Waals surface area contributed by atoms with E-state index in [-0.39, 0.29) is 26.2 Å². The predicted octanol–water partition coefficient (Wildman–Crippen LogP) is 4.68. The van der Waals surface area contributed by atoms with Crippen molar-refractivity contribution < 1.29 is 21.6 Å². The van der Waals surface area contributed by atoms with E-state index >= 15 is 0 Å². The van der Waals surface area contributed by atoms with Crippen LogP contribution in [0.4, 0.5) is 17.1 Å².